The lowest BCUT2D eigenvalue weighted by Crippen LogP contribution is -2.36. The first-order valence-electron chi connectivity index (χ1n) is 9.03. The van der Waals surface area contributed by atoms with Gasteiger partial charge in [0.1, 0.15) is 18.2 Å². The summed E-state index contributed by atoms with van der Waals surface area (Å²) in [6, 6.07) is 20.1. The number of aromatic nitrogens is 1. The molecule has 0 radical (unpaired) electrons. The fraction of sp³-hybridized carbons (Fsp3) is 0.182. The van der Waals surface area contributed by atoms with Crippen molar-refractivity contribution in [2.24, 2.45) is 4.99 Å². The molecule has 144 valence electrons. The number of rotatable bonds is 7. The minimum Gasteiger partial charge on any atom is -0.487 e. The predicted molar refractivity (Wildman–Crippen MR) is 108 cm³/mol. The number of benzene rings is 2. The average molecular weight is 378 g/mol. The van der Waals surface area contributed by atoms with Crippen LogP contribution in [0.4, 0.5) is 4.39 Å². The summed E-state index contributed by atoms with van der Waals surface area (Å²) >= 11 is 0. The van der Waals surface area contributed by atoms with Gasteiger partial charge in [-0.15, -0.1) is 0 Å². The first kappa shape index (κ1) is 19.4. The molecule has 3 rings (SSSR count). The molecule has 0 aliphatic rings. The van der Waals surface area contributed by atoms with Crippen LogP contribution < -0.4 is 15.4 Å². The summed E-state index contributed by atoms with van der Waals surface area (Å²) in [5.41, 5.74) is 2.80. The monoisotopic (exact) mass is 378 g/mol. The third-order valence-electron chi connectivity index (χ3n) is 4.04. The van der Waals surface area contributed by atoms with Crippen LogP contribution in [-0.4, -0.2) is 18.0 Å². The normalized spacial score (nSPS) is 11.1. The molecule has 0 spiro atoms. The Hall–Kier alpha value is -3.41. The number of ether oxygens (including phenoxy) is 1. The number of hydrogen-bond acceptors (Lipinski definition) is 3. The highest BCUT2D eigenvalue weighted by atomic mass is 19.1. The van der Waals surface area contributed by atoms with Gasteiger partial charge in [-0.3, -0.25) is 9.98 Å². The average Bonchev–Trinajstić information content (AvgIpc) is 2.73. The van der Waals surface area contributed by atoms with Crippen molar-refractivity contribution >= 4 is 5.96 Å². The lowest BCUT2D eigenvalue weighted by atomic mass is 10.2. The van der Waals surface area contributed by atoms with Gasteiger partial charge >= 0.3 is 0 Å². The van der Waals surface area contributed by atoms with Gasteiger partial charge in [-0.2, -0.15) is 0 Å². The highest BCUT2D eigenvalue weighted by Crippen LogP contribution is 2.14. The number of halogens is 1. The molecule has 0 bridgehead atoms. The van der Waals surface area contributed by atoms with Crippen molar-refractivity contribution in [2.75, 3.05) is 7.05 Å². The summed E-state index contributed by atoms with van der Waals surface area (Å²) in [7, 11) is 1.70. The van der Waals surface area contributed by atoms with E-state index in [4.69, 9.17) is 4.74 Å². The van der Waals surface area contributed by atoms with Crippen LogP contribution in [0.1, 0.15) is 16.8 Å². The zero-order valence-electron chi connectivity index (χ0n) is 15.7. The first-order chi connectivity index (χ1) is 13.7. The molecule has 28 heavy (non-hydrogen) atoms. The van der Waals surface area contributed by atoms with Crippen LogP contribution >= 0.6 is 0 Å². The molecule has 0 saturated heterocycles. The van der Waals surface area contributed by atoms with Crippen LogP contribution in [0.5, 0.6) is 5.75 Å². The Bertz CT molecular complexity index is 915. The van der Waals surface area contributed by atoms with Crippen molar-refractivity contribution in [3.05, 3.63) is 95.6 Å². The van der Waals surface area contributed by atoms with E-state index in [1.54, 1.807) is 19.3 Å². The highest BCUT2D eigenvalue weighted by Gasteiger charge is 2.02. The van der Waals surface area contributed by atoms with Gasteiger partial charge in [0, 0.05) is 26.3 Å². The molecule has 5 nitrogen and oxygen atoms in total. The van der Waals surface area contributed by atoms with Gasteiger partial charge in [0.25, 0.3) is 0 Å². The van der Waals surface area contributed by atoms with Gasteiger partial charge < -0.3 is 15.4 Å². The number of hydrogen-bond donors (Lipinski definition) is 2. The number of nitrogens with one attached hydrogen (secondary N) is 2. The van der Waals surface area contributed by atoms with E-state index in [1.807, 2.05) is 48.5 Å². The van der Waals surface area contributed by atoms with Gasteiger partial charge in [0.05, 0.1) is 5.69 Å². The van der Waals surface area contributed by atoms with Crippen LogP contribution in [0.25, 0.3) is 0 Å². The molecular weight excluding hydrogens is 355 g/mol. The third kappa shape index (κ3) is 6.09. The molecule has 0 unspecified atom stereocenters. The maximum Gasteiger partial charge on any atom is 0.191 e. The zero-order valence-corrected chi connectivity index (χ0v) is 15.7. The molecule has 1 aromatic heterocycles. The minimum absolute atomic E-state index is 0.246. The molecule has 0 atom stereocenters. The molecule has 2 N–H and O–H groups in total. The minimum atomic E-state index is -0.246. The molecule has 0 amide bonds. The van der Waals surface area contributed by atoms with Crippen LogP contribution in [0.15, 0.2) is 77.9 Å². The molecule has 3 aromatic rings. The molecule has 0 aliphatic heterocycles. The summed E-state index contributed by atoms with van der Waals surface area (Å²) in [4.78, 5) is 8.45. The van der Waals surface area contributed by atoms with E-state index in [1.165, 1.54) is 12.1 Å². The third-order valence-corrected chi connectivity index (χ3v) is 4.04. The van der Waals surface area contributed by atoms with Crippen molar-refractivity contribution in [2.45, 2.75) is 19.7 Å². The number of guanidine groups is 1. The van der Waals surface area contributed by atoms with Crippen LogP contribution in [-0.2, 0) is 19.7 Å². The van der Waals surface area contributed by atoms with E-state index in [2.05, 4.69) is 20.6 Å². The van der Waals surface area contributed by atoms with E-state index in [-0.39, 0.29) is 5.82 Å². The fourth-order valence-corrected chi connectivity index (χ4v) is 2.63. The lowest BCUT2D eigenvalue weighted by molar-refractivity contribution is 0.301. The molecule has 0 saturated carbocycles. The Balaban J connectivity index is 1.50. The SMILES string of the molecule is CN=C(NCc1cccc(F)c1)NCc1cccc(OCc2ccccn2)c1. The Morgan fingerprint density at radius 3 is 2.39 bits per heavy atom. The number of pyridine rings is 1. The fourth-order valence-electron chi connectivity index (χ4n) is 2.63. The first-order valence-corrected chi connectivity index (χ1v) is 9.03. The van der Waals surface area contributed by atoms with Crippen molar-refractivity contribution in [1.82, 2.24) is 15.6 Å². The van der Waals surface area contributed by atoms with Gasteiger partial charge in [-0.25, -0.2) is 4.39 Å². The van der Waals surface area contributed by atoms with Gasteiger partial charge in [0.2, 0.25) is 0 Å². The Kier molecular flexibility index (Phi) is 6.95. The second kappa shape index (κ2) is 10.1. The quantitative estimate of drug-likeness (QED) is 0.487. The highest BCUT2D eigenvalue weighted by molar-refractivity contribution is 5.79. The number of nitrogens with zero attached hydrogens (tertiary/aromatic N) is 2. The van der Waals surface area contributed by atoms with Crippen molar-refractivity contribution in [1.29, 1.82) is 0 Å². The smallest absolute Gasteiger partial charge is 0.191 e. The molecule has 0 fully saturated rings. The Morgan fingerprint density at radius 2 is 1.71 bits per heavy atom. The standard InChI is InChI=1S/C22H23FN4O/c1-24-22(26-14-17-6-4-8-19(23)12-17)27-15-18-7-5-10-21(13-18)28-16-20-9-2-3-11-25-20/h2-13H,14-16H2,1H3,(H2,24,26,27). The predicted octanol–water partition coefficient (Wildman–Crippen LogP) is 3.66. The summed E-state index contributed by atoms with van der Waals surface area (Å²) < 4.78 is 19.1. The van der Waals surface area contributed by atoms with Crippen LogP contribution in [0, 0.1) is 5.82 Å². The summed E-state index contributed by atoms with van der Waals surface area (Å²) in [6.45, 7) is 1.50. The summed E-state index contributed by atoms with van der Waals surface area (Å²) in [5, 5.41) is 6.43. The lowest BCUT2D eigenvalue weighted by Gasteiger charge is -2.13. The molecule has 6 heteroatoms. The van der Waals surface area contributed by atoms with E-state index in [9.17, 15) is 4.39 Å². The second-order valence-electron chi connectivity index (χ2n) is 6.17. The summed E-state index contributed by atoms with van der Waals surface area (Å²) in [6.07, 6.45) is 1.75. The zero-order chi connectivity index (χ0) is 19.6. The maximum absolute atomic E-state index is 13.3. The van der Waals surface area contributed by atoms with Crippen molar-refractivity contribution in [3.63, 3.8) is 0 Å². The van der Waals surface area contributed by atoms with Gasteiger partial charge in [-0.1, -0.05) is 30.3 Å². The topological polar surface area (TPSA) is 58.5 Å². The van der Waals surface area contributed by atoms with E-state index in [0.717, 1.165) is 22.6 Å². The Morgan fingerprint density at radius 1 is 0.964 bits per heavy atom. The molecule has 1 heterocycles. The van der Waals surface area contributed by atoms with Gasteiger partial charge in [0.15, 0.2) is 5.96 Å². The maximum atomic E-state index is 13.3. The molecular formula is C22H23FN4O. The number of aliphatic imine (C=N–C) groups is 1. The molecule has 2 aromatic carbocycles. The van der Waals surface area contributed by atoms with Crippen molar-refractivity contribution in [3.8, 4) is 5.75 Å². The van der Waals surface area contributed by atoms with E-state index in [0.29, 0.717) is 25.7 Å². The largest absolute Gasteiger partial charge is 0.487 e. The van der Waals surface area contributed by atoms with Gasteiger partial charge in [-0.05, 0) is 47.5 Å². The molecule has 0 aliphatic carbocycles. The Labute approximate surface area is 164 Å². The summed E-state index contributed by atoms with van der Waals surface area (Å²) in [5.74, 6) is 1.18. The second-order valence-corrected chi connectivity index (χ2v) is 6.17. The van der Waals surface area contributed by atoms with Crippen molar-refractivity contribution < 1.29 is 9.13 Å². The van der Waals surface area contributed by atoms with E-state index < -0.39 is 0 Å². The van der Waals surface area contributed by atoms with Crippen LogP contribution in [0.3, 0.4) is 0 Å². The van der Waals surface area contributed by atoms with Crippen LogP contribution in [0.2, 0.25) is 0 Å². The van der Waals surface area contributed by atoms with E-state index >= 15 is 0 Å².